The average molecular weight is 482 g/mol. The van der Waals surface area contributed by atoms with Crippen LogP contribution in [0.15, 0.2) is 34.3 Å². The Balaban J connectivity index is 1.45. The van der Waals surface area contributed by atoms with Gasteiger partial charge in [0.1, 0.15) is 16.2 Å². The number of aromatic nitrogens is 4. The Labute approximate surface area is 200 Å². The first-order valence-corrected chi connectivity index (χ1v) is 12.2. The van der Waals surface area contributed by atoms with E-state index in [9.17, 15) is 4.79 Å². The molecule has 1 saturated heterocycles. The van der Waals surface area contributed by atoms with Crippen molar-refractivity contribution in [1.29, 1.82) is 0 Å². The highest BCUT2D eigenvalue weighted by molar-refractivity contribution is 7.13. The van der Waals surface area contributed by atoms with Crippen LogP contribution in [0.25, 0.3) is 21.7 Å². The highest BCUT2D eigenvalue weighted by atomic mass is 32.1. The van der Waals surface area contributed by atoms with E-state index in [1.165, 1.54) is 17.8 Å². The van der Waals surface area contributed by atoms with E-state index in [-0.39, 0.29) is 5.91 Å². The zero-order valence-electron chi connectivity index (χ0n) is 19.2. The van der Waals surface area contributed by atoms with E-state index in [1.54, 1.807) is 24.9 Å². The number of hydrogen-bond donors (Lipinski definition) is 2. The maximum Gasteiger partial charge on any atom is 0.298 e. The molecule has 2 N–H and O–H groups in total. The lowest BCUT2D eigenvalue weighted by Gasteiger charge is -2.30. The van der Waals surface area contributed by atoms with Crippen molar-refractivity contribution in [3.63, 3.8) is 0 Å². The molecule has 0 radical (unpaired) electrons. The molecule has 11 heteroatoms. The van der Waals surface area contributed by atoms with Gasteiger partial charge in [-0.05, 0) is 25.3 Å². The topological polar surface area (TPSA) is 112 Å². The summed E-state index contributed by atoms with van der Waals surface area (Å²) < 4.78 is 11.2. The predicted molar refractivity (Wildman–Crippen MR) is 133 cm³/mol. The van der Waals surface area contributed by atoms with Gasteiger partial charge in [0.25, 0.3) is 11.9 Å². The molecule has 1 aromatic carbocycles. The highest BCUT2D eigenvalue weighted by Gasteiger charge is 2.21. The highest BCUT2D eigenvalue weighted by Crippen LogP contribution is 2.35. The molecule has 0 bridgehead atoms. The molecule has 1 fully saturated rings. The molecule has 4 heterocycles. The minimum Gasteiger partial charge on any atom is -0.423 e. The van der Waals surface area contributed by atoms with Crippen molar-refractivity contribution in [1.82, 2.24) is 20.2 Å². The third kappa shape index (κ3) is 4.62. The second kappa shape index (κ2) is 9.82. The lowest BCUT2D eigenvalue weighted by Crippen LogP contribution is -2.30. The fourth-order valence-corrected chi connectivity index (χ4v) is 4.78. The largest absolute Gasteiger partial charge is 0.423 e. The zero-order valence-corrected chi connectivity index (χ0v) is 20.0. The Hall–Kier alpha value is -3.44. The molecule has 5 rings (SSSR count). The maximum atomic E-state index is 13.1. The van der Waals surface area contributed by atoms with Crippen molar-refractivity contribution in [3.05, 3.63) is 35.6 Å². The molecule has 10 nitrogen and oxygen atoms in total. The van der Waals surface area contributed by atoms with E-state index >= 15 is 0 Å². The molecule has 4 aromatic rings. The standard InChI is InChI=1S/C23H27N7O3S/c1-29(8-9-32-2)23-28-17-10-19(30-6-4-3-5-7-30)16(11-20(17)33-23)26-21(31)18-14-34-22(27-18)15-12-24-25-13-15/h10-14H,3-9H2,1-2H3,(H,24,25)(H,26,31). The van der Waals surface area contributed by atoms with Crippen molar-refractivity contribution in [2.24, 2.45) is 0 Å². The van der Waals surface area contributed by atoms with E-state index in [4.69, 9.17) is 9.15 Å². The smallest absolute Gasteiger partial charge is 0.298 e. The Bertz CT molecular complexity index is 1260. The number of ether oxygens (including phenoxy) is 1. The normalized spacial score (nSPS) is 14.0. The number of hydrogen-bond acceptors (Lipinski definition) is 9. The van der Waals surface area contributed by atoms with Gasteiger partial charge in [0.05, 0.1) is 24.2 Å². The predicted octanol–water partition coefficient (Wildman–Crippen LogP) is 4.00. The van der Waals surface area contributed by atoms with Gasteiger partial charge in [0, 0.05) is 57.0 Å². The number of oxazole rings is 1. The van der Waals surface area contributed by atoms with Crippen molar-refractivity contribution in [2.75, 3.05) is 55.5 Å². The number of rotatable bonds is 8. The SMILES string of the molecule is COCCN(C)c1nc2cc(N3CCCCC3)c(NC(=O)c3csc(-c4cn[nH]c4)n3)cc2o1. The summed E-state index contributed by atoms with van der Waals surface area (Å²) in [6, 6.07) is 4.39. The first-order chi connectivity index (χ1) is 16.6. The summed E-state index contributed by atoms with van der Waals surface area (Å²) in [4.78, 5) is 26.5. The molecule has 1 aliphatic rings. The number of carbonyl (C=O) groups is 1. The molecular weight excluding hydrogens is 454 g/mol. The summed E-state index contributed by atoms with van der Waals surface area (Å²) in [7, 11) is 3.58. The molecule has 34 heavy (non-hydrogen) atoms. The number of piperidine rings is 1. The van der Waals surface area contributed by atoms with Crippen LogP contribution in [0.1, 0.15) is 29.8 Å². The molecule has 178 valence electrons. The number of methoxy groups -OCH3 is 1. The van der Waals surface area contributed by atoms with Crippen molar-refractivity contribution >= 4 is 45.7 Å². The molecule has 0 unspecified atom stereocenters. The van der Waals surface area contributed by atoms with Gasteiger partial charge < -0.3 is 24.3 Å². The molecule has 0 aliphatic carbocycles. The molecule has 1 amide bonds. The second-order valence-electron chi connectivity index (χ2n) is 8.27. The van der Waals surface area contributed by atoms with Gasteiger partial charge in [0.15, 0.2) is 5.58 Å². The van der Waals surface area contributed by atoms with Gasteiger partial charge in [-0.25, -0.2) is 4.98 Å². The van der Waals surface area contributed by atoms with Crippen LogP contribution in [0.5, 0.6) is 0 Å². The lowest BCUT2D eigenvalue weighted by atomic mass is 10.1. The second-order valence-corrected chi connectivity index (χ2v) is 9.13. The Morgan fingerprint density at radius 2 is 2.15 bits per heavy atom. The van der Waals surface area contributed by atoms with E-state index in [0.717, 1.165) is 47.7 Å². The molecule has 0 saturated carbocycles. The van der Waals surface area contributed by atoms with E-state index in [2.05, 4.69) is 30.4 Å². The van der Waals surface area contributed by atoms with Crippen LogP contribution in [0.2, 0.25) is 0 Å². The van der Waals surface area contributed by atoms with Crippen molar-refractivity contribution in [3.8, 4) is 10.6 Å². The number of aromatic amines is 1. The summed E-state index contributed by atoms with van der Waals surface area (Å²) in [6.07, 6.45) is 6.90. The minimum atomic E-state index is -0.263. The molecule has 1 aliphatic heterocycles. The van der Waals surface area contributed by atoms with E-state index in [1.807, 2.05) is 24.1 Å². The lowest BCUT2D eigenvalue weighted by molar-refractivity contribution is 0.102. The first kappa shape index (κ1) is 22.4. The number of likely N-dealkylation sites (N-methyl/N-ethyl adjacent to an activating group) is 1. The fraction of sp³-hybridized carbons (Fsp3) is 0.391. The Kier molecular flexibility index (Phi) is 6.45. The Morgan fingerprint density at radius 1 is 1.29 bits per heavy atom. The number of H-pyrrole nitrogens is 1. The van der Waals surface area contributed by atoms with Crippen LogP contribution >= 0.6 is 11.3 Å². The monoisotopic (exact) mass is 481 g/mol. The Morgan fingerprint density at radius 3 is 2.91 bits per heavy atom. The summed E-state index contributed by atoms with van der Waals surface area (Å²) in [5.41, 5.74) is 4.24. The van der Waals surface area contributed by atoms with Crippen LogP contribution in [0.4, 0.5) is 17.4 Å². The number of carbonyl (C=O) groups excluding carboxylic acids is 1. The summed E-state index contributed by atoms with van der Waals surface area (Å²) >= 11 is 1.41. The van der Waals surface area contributed by atoms with Crippen LogP contribution in [-0.2, 0) is 4.74 Å². The number of nitrogens with zero attached hydrogens (tertiary/aromatic N) is 5. The van der Waals surface area contributed by atoms with E-state index in [0.29, 0.717) is 36.1 Å². The van der Waals surface area contributed by atoms with Crippen LogP contribution < -0.4 is 15.1 Å². The van der Waals surface area contributed by atoms with Crippen LogP contribution in [-0.4, -0.2) is 66.5 Å². The summed E-state index contributed by atoms with van der Waals surface area (Å²) in [5.74, 6) is -0.263. The van der Waals surface area contributed by atoms with Crippen LogP contribution in [0.3, 0.4) is 0 Å². The van der Waals surface area contributed by atoms with Crippen LogP contribution in [0, 0.1) is 0 Å². The van der Waals surface area contributed by atoms with E-state index < -0.39 is 0 Å². The van der Waals surface area contributed by atoms with Gasteiger partial charge in [0.2, 0.25) is 0 Å². The number of fused-ring (bicyclic) bond motifs is 1. The fourth-order valence-electron chi connectivity index (χ4n) is 4.00. The van der Waals surface area contributed by atoms with Crippen molar-refractivity contribution < 1.29 is 13.9 Å². The molecular formula is C23H27N7O3S. The number of amides is 1. The quantitative estimate of drug-likeness (QED) is 0.388. The minimum absolute atomic E-state index is 0.263. The number of benzene rings is 1. The average Bonchev–Trinajstić information content (AvgIpc) is 3.62. The number of thiazole rings is 1. The molecule has 0 atom stereocenters. The van der Waals surface area contributed by atoms with Gasteiger partial charge >= 0.3 is 0 Å². The summed E-state index contributed by atoms with van der Waals surface area (Å²) in [6.45, 7) is 3.11. The van der Waals surface area contributed by atoms with Gasteiger partial charge in [-0.1, -0.05) is 0 Å². The molecule has 0 spiro atoms. The third-order valence-electron chi connectivity index (χ3n) is 5.88. The maximum absolute atomic E-state index is 13.1. The van der Waals surface area contributed by atoms with Gasteiger partial charge in [-0.15, -0.1) is 11.3 Å². The number of nitrogens with one attached hydrogen (secondary N) is 2. The van der Waals surface area contributed by atoms with Gasteiger partial charge in [-0.3, -0.25) is 9.89 Å². The zero-order chi connectivity index (χ0) is 23.5. The molecule has 3 aromatic heterocycles. The van der Waals surface area contributed by atoms with Gasteiger partial charge in [-0.2, -0.15) is 10.1 Å². The third-order valence-corrected chi connectivity index (χ3v) is 6.77. The van der Waals surface area contributed by atoms with Crippen molar-refractivity contribution in [2.45, 2.75) is 19.3 Å². The number of anilines is 3. The summed E-state index contributed by atoms with van der Waals surface area (Å²) in [5, 5.41) is 12.3. The first-order valence-electron chi connectivity index (χ1n) is 11.3.